The number of anilines is 1. The smallest absolute Gasteiger partial charge is 0.257 e. The number of methoxy groups -OCH3 is 1. The number of hydrogen-bond donors (Lipinski definition) is 1. The molecule has 1 N–H and O–H groups in total. The fraction of sp³-hybridized carbons (Fsp3) is 0.0833. The molecule has 0 saturated heterocycles. The van der Waals surface area contributed by atoms with E-state index in [2.05, 4.69) is 10.3 Å². The first-order valence-corrected chi connectivity index (χ1v) is 10.3. The molecule has 0 atom stereocenters. The molecule has 4 nitrogen and oxygen atoms in total. The number of carbonyl (C=O) groups excluding carboxylic acids is 1. The molecule has 0 saturated carbocycles. The highest BCUT2D eigenvalue weighted by atomic mass is 32.1. The Balaban J connectivity index is 1.65. The fourth-order valence-electron chi connectivity index (χ4n) is 3.06. The summed E-state index contributed by atoms with van der Waals surface area (Å²) in [5.74, 6) is -0.350. The van der Waals surface area contributed by atoms with Gasteiger partial charge in [0.15, 0.2) is 5.13 Å². The van der Waals surface area contributed by atoms with Crippen molar-refractivity contribution in [3.05, 3.63) is 100 Å². The number of halogens is 2. The van der Waals surface area contributed by atoms with Crippen LogP contribution in [0.25, 0.3) is 11.3 Å². The second-order valence-corrected chi connectivity index (χ2v) is 7.87. The predicted octanol–water partition coefficient (Wildman–Crippen LogP) is 5.94. The summed E-state index contributed by atoms with van der Waals surface area (Å²) >= 11 is 1.35. The third-order valence-corrected chi connectivity index (χ3v) is 5.64. The Bertz CT molecular complexity index is 1190. The highest BCUT2D eigenvalue weighted by Crippen LogP contribution is 2.34. The monoisotopic (exact) mass is 436 g/mol. The highest BCUT2D eigenvalue weighted by molar-refractivity contribution is 7.16. The normalized spacial score (nSPS) is 10.7. The van der Waals surface area contributed by atoms with Crippen LogP contribution in [0.15, 0.2) is 72.8 Å². The zero-order chi connectivity index (χ0) is 21.8. The lowest BCUT2D eigenvalue weighted by molar-refractivity contribution is 0.102. The van der Waals surface area contributed by atoms with Crippen LogP contribution in [0.3, 0.4) is 0 Å². The number of rotatable bonds is 6. The van der Waals surface area contributed by atoms with Crippen molar-refractivity contribution in [3.8, 4) is 17.0 Å². The molecule has 156 valence electrons. The maximum Gasteiger partial charge on any atom is 0.257 e. The maximum atomic E-state index is 13.3. The molecule has 0 fully saturated rings. The summed E-state index contributed by atoms with van der Waals surface area (Å²) in [4.78, 5) is 18.1. The molecule has 1 heterocycles. The van der Waals surface area contributed by atoms with Crippen molar-refractivity contribution in [3.63, 3.8) is 0 Å². The molecular weight excluding hydrogens is 418 g/mol. The number of thiazole rings is 1. The van der Waals surface area contributed by atoms with Crippen molar-refractivity contribution in [1.82, 2.24) is 4.98 Å². The van der Waals surface area contributed by atoms with Gasteiger partial charge in [0.2, 0.25) is 0 Å². The van der Waals surface area contributed by atoms with Gasteiger partial charge in [0.05, 0.1) is 12.8 Å². The average molecular weight is 436 g/mol. The Kier molecular flexibility index (Phi) is 6.04. The van der Waals surface area contributed by atoms with Crippen molar-refractivity contribution in [1.29, 1.82) is 0 Å². The molecule has 0 spiro atoms. The molecule has 7 heteroatoms. The number of hydrogen-bond acceptors (Lipinski definition) is 4. The molecule has 0 aliphatic carbocycles. The summed E-state index contributed by atoms with van der Waals surface area (Å²) in [6.07, 6.45) is 0.533. The van der Waals surface area contributed by atoms with E-state index >= 15 is 0 Å². The number of nitrogens with one attached hydrogen (secondary N) is 1. The molecule has 0 bridgehead atoms. The van der Waals surface area contributed by atoms with Crippen LogP contribution in [-0.4, -0.2) is 18.0 Å². The van der Waals surface area contributed by atoms with Crippen LogP contribution >= 0.6 is 11.3 Å². The van der Waals surface area contributed by atoms with Gasteiger partial charge in [0.1, 0.15) is 17.4 Å². The summed E-state index contributed by atoms with van der Waals surface area (Å²) in [6.45, 7) is 0. The second kappa shape index (κ2) is 9.06. The van der Waals surface area contributed by atoms with Gasteiger partial charge >= 0.3 is 0 Å². The predicted molar refractivity (Wildman–Crippen MR) is 118 cm³/mol. The average Bonchev–Trinajstić information content (AvgIpc) is 3.17. The lowest BCUT2D eigenvalue weighted by atomic mass is 10.1. The Hall–Kier alpha value is -3.58. The number of nitrogens with zero attached hydrogens (tertiary/aromatic N) is 1. The minimum absolute atomic E-state index is 0.296. The van der Waals surface area contributed by atoms with Gasteiger partial charge in [-0.1, -0.05) is 12.1 Å². The van der Waals surface area contributed by atoms with Gasteiger partial charge in [0.25, 0.3) is 5.91 Å². The van der Waals surface area contributed by atoms with E-state index in [0.717, 1.165) is 27.4 Å². The lowest BCUT2D eigenvalue weighted by Gasteiger charge is -2.04. The van der Waals surface area contributed by atoms with Gasteiger partial charge in [-0.15, -0.1) is 11.3 Å². The summed E-state index contributed by atoms with van der Waals surface area (Å²) in [5, 5.41) is 3.22. The molecule has 0 radical (unpaired) electrons. The van der Waals surface area contributed by atoms with Crippen molar-refractivity contribution in [2.75, 3.05) is 12.4 Å². The molecule has 4 aromatic rings. The van der Waals surface area contributed by atoms with Crippen LogP contribution in [-0.2, 0) is 6.42 Å². The van der Waals surface area contributed by atoms with Crippen molar-refractivity contribution in [2.45, 2.75) is 6.42 Å². The Morgan fingerprint density at radius 1 is 0.935 bits per heavy atom. The van der Waals surface area contributed by atoms with Crippen LogP contribution in [0.1, 0.15) is 20.8 Å². The summed E-state index contributed by atoms with van der Waals surface area (Å²) < 4.78 is 31.6. The Morgan fingerprint density at radius 3 is 2.16 bits per heavy atom. The van der Waals surface area contributed by atoms with Gasteiger partial charge in [-0.2, -0.15) is 0 Å². The molecule has 3 aromatic carbocycles. The minimum Gasteiger partial charge on any atom is -0.497 e. The van der Waals surface area contributed by atoms with Crippen LogP contribution < -0.4 is 10.1 Å². The first kappa shape index (κ1) is 20.7. The van der Waals surface area contributed by atoms with Crippen molar-refractivity contribution in [2.24, 2.45) is 0 Å². The standard InChI is InChI=1S/C24H18F2N2O2S/c1-30-20-12-6-16(7-13-20)22-21(14-15-2-8-18(25)9-3-15)31-24(27-22)28-23(29)17-4-10-19(26)11-5-17/h2-13H,14H2,1H3,(H,27,28,29). The van der Waals surface area contributed by atoms with E-state index in [-0.39, 0.29) is 11.7 Å². The molecule has 0 aliphatic heterocycles. The van der Waals surface area contributed by atoms with E-state index in [1.54, 1.807) is 19.2 Å². The van der Waals surface area contributed by atoms with Crippen LogP contribution in [0.2, 0.25) is 0 Å². The SMILES string of the molecule is COc1ccc(-c2nc(NC(=O)c3ccc(F)cc3)sc2Cc2ccc(F)cc2)cc1. The zero-order valence-electron chi connectivity index (χ0n) is 16.6. The molecule has 31 heavy (non-hydrogen) atoms. The van der Waals surface area contributed by atoms with Crippen molar-refractivity contribution < 1.29 is 18.3 Å². The topological polar surface area (TPSA) is 51.2 Å². The highest BCUT2D eigenvalue weighted by Gasteiger charge is 2.16. The van der Waals surface area contributed by atoms with E-state index in [1.165, 1.54) is 47.7 Å². The number of ether oxygens (including phenoxy) is 1. The first-order chi connectivity index (χ1) is 15.0. The molecule has 0 aliphatic rings. The summed E-state index contributed by atoms with van der Waals surface area (Å²) in [7, 11) is 1.60. The van der Waals surface area contributed by atoms with E-state index in [0.29, 0.717) is 17.1 Å². The van der Waals surface area contributed by atoms with E-state index < -0.39 is 5.82 Å². The van der Waals surface area contributed by atoms with Crippen molar-refractivity contribution >= 4 is 22.4 Å². The largest absolute Gasteiger partial charge is 0.497 e. The second-order valence-electron chi connectivity index (χ2n) is 6.78. The van der Waals surface area contributed by atoms with Crippen LogP contribution in [0.4, 0.5) is 13.9 Å². The lowest BCUT2D eigenvalue weighted by Crippen LogP contribution is -2.11. The Labute approximate surface area is 182 Å². The van der Waals surface area contributed by atoms with Gasteiger partial charge < -0.3 is 4.74 Å². The fourth-order valence-corrected chi connectivity index (χ4v) is 4.07. The number of benzene rings is 3. The summed E-state index contributed by atoms with van der Waals surface area (Å²) in [5.41, 5.74) is 2.86. The molecular formula is C24H18F2N2O2S. The van der Waals surface area contributed by atoms with Crippen LogP contribution in [0, 0.1) is 11.6 Å². The number of amides is 1. The molecule has 1 aromatic heterocycles. The first-order valence-electron chi connectivity index (χ1n) is 9.47. The van der Waals surface area contributed by atoms with E-state index in [1.807, 2.05) is 24.3 Å². The van der Waals surface area contributed by atoms with E-state index in [9.17, 15) is 13.6 Å². The minimum atomic E-state index is -0.408. The number of aromatic nitrogens is 1. The molecule has 1 amide bonds. The third-order valence-electron chi connectivity index (χ3n) is 4.67. The number of carbonyl (C=O) groups is 1. The molecule has 4 rings (SSSR count). The van der Waals surface area contributed by atoms with Crippen LogP contribution in [0.5, 0.6) is 5.75 Å². The Morgan fingerprint density at radius 2 is 1.55 bits per heavy atom. The summed E-state index contributed by atoms with van der Waals surface area (Å²) in [6, 6.07) is 19.1. The van der Waals surface area contributed by atoms with Gasteiger partial charge in [0, 0.05) is 22.4 Å². The van der Waals surface area contributed by atoms with Gasteiger partial charge in [-0.05, 0) is 66.2 Å². The third kappa shape index (κ3) is 4.95. The van der Waals surface area contributed by atoms with E-state index in [4.69, 9.17) is 4.74 Å². The zero-order valence-corrected chi connectivity index (χ0v) is 17.4. The maximum absolute atomic E-state index is 13.3. The van der Waals surface area contributed by atoms with Gasteiger partial charge in [-0.3, -0.25) is 10.1 Å². The van der Waals surface area contributed by atoms with Gasteiger partial charge in [-0.25, -0.2) is 13.8 Å². The molecule has 0 unspecified atom stereocenters. The quantitative estimate of drug-likeness (QED) is 0.407.